The Bertz CT molecular complexity index is 900. The van der Waals surface area contributed by atoms with Gasteiger partial charge in [-0.15, -0.1) is 10.2 Å². The van der Waals surface area contributed by atoms with E-state index in [1.807, 2.05) is 43.5 Å². The lowest BCUT2D eigenvalue weighted by Gasteiger charge is -2.31. The van der Waals surface area contributed by atoms with Gasteiger partial charge in [-0.2, -0.15) is 0 Å². The zero-order chi connectivity index (χ0) is 19.3. The van der Waals surface area contributed by atoms with Crippen LogP contribution in [-0.2, 0) is 6.54 Å². The zero-order valence-corrected chi connectivity index (χ0v) is 17.2. The van der Waals surface area contributed by atoms with Crippen molar-refractivity contribution in [3.05, 3.63) is 48.3 Å². The molecule has 1 N–H and O–H groups in total. The molecule has 2 aromatic heterocycles. The first-order valence-electron chi connectivity index (χ1n) is 9.63. The Labute approximate surface area is 169 Å². The zero-order valence-electron chi connectivity index (χ0n) is 16.3. The molecular weight excluding hydrogens is 372 g/mol. The Morgan fingerprint density at radius 3 is 2.71 bits per heavy atom. The number of aromatic nitrogens is 3. The van der Waals surface area contributed by atoms with Crippen LogP contribution in [0.25, 0.3) is 5.13 Å². The summed E-state index contributed by atoms with van der Waals surface area (Å²) in [5.41, 5.74) is 2.18. The molecule has 8 heteroatoms. The molecule has 1 fully saturated rings. The maximum absolute atomic E-state index is 5.57. The van der Waals surface area contributed by atoms with E-state index in [0.717, 1.165) is 53.6 Å². The summed E-state index contributed by atoms with van der Waals surface area (Å²) in [6, 6.07) is 12.2. The van der Waals surface area contributed by atoms with Gasteiger partial charge in [-0.3, -0.25) is 4.57 Å². The minimum Gasteiger partial charge on any atom is -0.494 e. The number of hydrogen-bond acceptors (Lipinski definition) is 7. The van der Waals surface area contributed by atoms with Gasteiger partial charge in [-0.1, -0.05) is 17.4 Å². The van der Waals surface area contributed by atoms with Crippen molar-refractivity contribution in [3.63, 3.8) is 0 Å². The van der Waals surface area contributed by atoms with Gasteiger partial charge in [0.2, 0.25) is 10.3 Å². The summed E-state index contributed by atoms with van der Waals surface area (Å²) in [6.07, 6.45) is 2.04. The van der Waals surface area contributed by atoms with Crippen LogP contribution < -0.4 is 15.0 Å². The second-order valence-electron chi connectivity index (χ2n) is 6.84. The molecule has 0 unspecified atom stereocenters. The van der Waals surface area contributed by atoms with Crippen molar-refractivity contribution in [1.29, 1.82) is 0 Å². The molecule has 4 rings (SSSR count). The SMILES string of the molecule is CCOc1cccc(NCc2cccn2-c2nnc(N3CCN(C)CC3)s2)c1. The lowest BCUT2D eigenvalue weighted by atomic mass is 10.3. The van der Waals surface area contributed by atoms with Crippen molar-refractivity contribution in [2.75, 3.05) is 50.1 Å². The van der Waals surface area contributed by atoms with Crippen molar-refractivity contribution in [2.24, 2.45) is 0 Å². The van der Waals surface area contributed by atoms with Crippen LogP contribution in [0.1, 0.15) is 12.6 Å². The second kappa shape index (κ2) is 8.62. The van der Waals surface area contributed by atoms with Gasteiger partial charge in [0.05, 0.1) is 13.2 Å². The van der Waals surface area contributed by atoms with Gasteiger partial charge in [0.1, 0.15) is 5.75 Å². The van der Waals surface area contributed by atoms with Gasteiger partial charge < -0.3 is 19.9 Å². The molecule has 1 aliphatic heterocycles. The van der Waals surface area contributed by atoms with Gasteiger partial charge in [0, 0.05) is 49.8 Å². The topological polar surface area (TPSA) is 58.5 Å². The van der Waals surface area contributed by atoms with Crippen LogP contribution in [0.2, 0.25) is 0 Å². The predicted octanol–water partition coefficient (Wildman–Crippen LogP) is 3.09. The summed E-state index contributed by atoms with van der Waals surface area (Å²) in [5, 5.41) is 14.2. The molecule has 0 aliphatic carbocycles. The molecule has 1 saturated heterocycles. The van der Waals surface area contributed by atoms with Crippen LogP contribution in [-0.4, -0.2) is 59.5 Å². The molecule has 0 amide bonds. The Morgan fingerprint density at radius 1 is 1.07 bits per heavy atom. The van der Waals surface area contributed by atoms with E-state index in [1.165, 1.54) is 0 Å². The molecule has 0 atom stereocenters. The van der Waals surface area contributed by atoms with E-state index in [4.69, 9.17) is 4.74 Å². The Kier molecular flexibility index (Phi) is 5.78. The summed E-state index contributed by atoms with van der Waals surface area (Å²) < 4.78 is 7.68. The average molecular weight is 399 g/mol. The van der Waals surface area contributed by atoms with E-state index in [2.05, 4.69) is 43.0 Å². The minimum absolute atomic E-state index is 0.666. The standard InChI is InChI=1S/C20H26N6OS/c1-3-27-18-8-4-6-16(14-18)21-15-17-7-5-9-26(17)20-23-22-19(28-20)25-12-10-24(2)11-13-25/h4-9,14,21H,3,10-13,15H2,1-2H3. The number of piperazine rings is 1. The number of hydrogen-bond donors (Lipinski definition) is 1. The lowest BCUT2D eigenvalue weighted by Crippen LogP contribution is -2.44. The van der Waals surface area contributed by atoms with Crippen molar-refractivity contribution in [3.8, 4) is 10.9 Å². The van der Waals surface area contributed by atoms with Gasteiger partial charge in [0.15, 0.2) is 0 Å². The number of rotatable bonds is 7. The van der Waals surface area contributed by atoms with E-state index in [-0.39, 0.29) is 0 Å². The summed E-state index contributed by atoms with van der Waals surface area (Å²) in [4.78, 5) is 4.66. The minimum atomic E-state index is 0.666. The summed E-state index contributed by atoms with van der Waals surface area (Å²) in [7, 11) is 2.16. The number of benzene rings is 1. The van der Waals surface area contributed by atoms with Gasteiger partial charge in [-0.05, 0) is 38.2 Å². The van der Waals surface area contributed by atoms with Crippen molar-refractivity contribution >= 4 is 22.2 Å². The third-order valence-corrected chi connectivity index (χ3v) is 5.82. The quantitative estimate of drug-likeness (QED) is 0.660. The first kappa shape index (κ1) is 18.8. The summed E-state index contributed by atoms with van der Waals surface area (Å²) in [6.45, 7) is 7.49. The number of likely N-dealkylation sites (N-methyl/N-ethyl adjacent to an activating group) is 1. The highest BCUT2D eigenvalue weighted by Gasteiger charge is 2.19. The summed E-state index contributed by atoms with van der Waals surface area (Å²) in [5.74, 6) is 0.879. The molecule has 0 radical (unpaired) electrons. The Hall–Kier alpha value is -2.58. The number of nitrogens with one attached hydrogen (secondary N) is 1. The normalized spacial score (nSPS) is 15.0. The third kappa shape index (κ3) is 4.28. The molecule has 3 aromatic rings. The Balaban J connectivity index is 1.44. The monoisotopic (exact) mass is 398 g/mol. The van der Waals surface area contributed by atoms with Crippen LogP contribution in [0.4, 0.5) is 10.8 Å². The molecule has 0 saturated carbocycles. The van der Waals surface area contributed by atoms with E-state index in [9.17, 15) is 0 Å². The average Bonchev–Trinajstić information content (AvgIpc) is 3.37. The van der Waals surface area contributed by atoms with E-state index < -0.39 is 0 Å². The molecule has 1 aromatic carbocycles. The maximum atomic E-state index is 5.57. The van der Waals surface area contributed by atoms with Crippen molar-refractivity contribution in [1.82, 2.24) is 19.7 Å². The van der Waals surface area contributed by atoms with Crippen LogP contribution in [0.5, 0.6) is 5.75 Å². The molecule has 28 heavy (non-hydrogen) atoms. The molecule has 0 bridgehead atoms. The largest absolute Gasteiger partial charge is 0.494 e. The van der Waals surface area contributed by atoms with Crippen LogP contribution >= 0.6 is 11.3 Å². The first-order valence-corrected chi connectivity index (χ1v) is 10.4. The van der Waals surface area contributed by atoms with E-state index >= 15 is 0 Å². The fourth-order valence-electron chi connectivity index (χ4n) is 3.23. The predicted molar refractivity (Wildman–Crippen MR) is 114 cm³/mol. The number of nitrogens with zero attached hydrogens (tertiary/aromatic N) is 5. The van der Waals surface area contributed by atoms with Crippen LogP contribution in [0.15, 0.2) is 42.6 Å². The van der Waals surface area contributed by atoms with E-state index in [1.54, 1.807) is 11.3 Å². The van der Waals surface area contributed by atoms with Gasteiger partial charge in [0.25, 0.3) is 0 Å². The van der Waals surface area contributed by atoms with Crippen LogP contribution in [0.3, 0.4) is 0 Å². The lowest BCUT2D eigenvalue weighted by molar-refractivity contribution is 0.312. The second-order valence-corrected chi connectivity index (χ2v) is 7.78. The highest BCUT2D eigenvalue weighted by molar-refractivity contribution is 7.17. The fraction of sp³-hybridized carbons (Fsp3) is 0.400. The van der Waals surface area contributed by atoms with Gasteiger partial charge in [-0.25, -0.2) is 0 Å². The molecule has 0 spiro atoms. The summed E-state index contributed by atoms with van der Waals surface area (Å²) >= 11 is 1.64. The maximum Gasteiger partial charge on any atom is 0.218 e. The first-order chi connectivity index (χ1) is 13.7. The van der Waals surface area contributed by atoms with Crippen molar-refractivity contribution < 1.29 is 4.74 Å². The van der Waals surface area contributed by atoms with Crippen molar-refractivity contribution in [2.45, 2.75) is 13.5 Å². The highest BCUT2D eigenvalue weighted by Crippen LogP contribution is 2.26. The Morgan fingerprint density at radius 2 is 1.89 bits per heavy atom. The van der Waals surface area contributed by atoms with E-state index in [0.29, 0.717) is 13.2 Å². The molecule has 3 heterocycles. The highest BCUT2D eigenvalue weighted by atomic mass is 32.1. The smallest absolute Gasteiger partial charge is 0.218 e. The third-order valence-electron chi connectivity index (χ3n) is 4.84. The van der Waals surface area contributed by atoms with Crippen LogP contribution in [0, 0.1) is 0 Å². The van der Waals surface area contributed by atoms with Gasteiger partial charge >= 0.3 is 0 Å². The number of anilines is 2. The molecule has 1 aliphatic rings. The molecule has 7 nitrogen and oxygen atoms in total. The molecule has 148 valence electrons. The fourth-order valence-corrected chi connectivity index (χ4v) is 4.15. The number of ether oxygens (including phenoxy) is 1. The molecular formula is C20H26N6OS.